The minimum absolute atomic E-state index is 0.141. The summed E-state index contributed by atoms with van der Waals surface area (Å²) in [5, 5.41) is 13.8. The SMILES string of the molecule is CNc1cc(-n2nccc2Nc2cc(NC(=O)c3ccnc(C(C)(C)C)c3)ccc2C)ncn1. The lowest BCUT2D eigenvalue weighted by molar-refractivity contribution is 0.102. The fraction of sp³-hybridized carbons (Fsp3) is 0.240. The van der Waals surface area contributed by atoms with Crippen LogP contribution in [0.2, 0.25) is 0 Å². The summed E-state index contributed by atoms with van der Waals surface area (Å²) >= 11 is 0. The van der Waals surface area contributed by atoms with E-state index in [1.165, 1.54) is 6.33 Å². The van der Waals surface area contributed by atoms with Gasteiger partial charge in [-0.05, 0) is 36.8 Å². The molecule has 174 valence electrons. The normalized spacial score (nSPS) is 11.2. The Kier molecular flexibility index (Phi) is 6.27. The minimum atomic E-state index is -0.187. The first-order valence-electron chi connectivity index (χ1n) is 10.9. The zero-order chi connectivity index (χ0) is 24.3. The molecular formula is C25H28N8O. The number of rotatable bonds is 6. The smallest absolute Gasteiger partial charge is 0.255 e. The van der Waals surface area contributed by atoms with Gasteiger partial charge in [0.1, 0.15) is 18.0 Å². The predicted molar refractivity (Wildman–Crippen MR) is 134 cm³/mol. The second-order valence-corrected chi connectivity index (χ2v) is 8.93. The van der Waals surface area contributed by atoms with Crippen molar-refractivity contribution in [3.8, 4) is 5.82 Å². The maximum absolute atomic E-state index is 12.9. The van der Waals surface area contributed by atoms with Crippen molar-refractivity contribution in [3.05, 3.63) is 78.0 Å². The standard InChI is InChI=1S/C25H28N8O/c1-16-6-7-18(31-24(34)17-8-10-27-20(12-17)25(2,3)4)13-19(16)32-22-9-11-30-33(22)23-14-21(26-5)28-15-29-23/h6-15,32H,1-5H3,(H,31,34)(H,26,28,29). The maximum Gasteiger partial charge on any atom is 0.255 e. The topological polar surface area (TPSA) is 110 Å². The molecule has 0 atom stereocenters. The van der Waals surface area contributed by atoms with Crippen molar-refractivity contribution in [2.75, 3.05) is 23.0 Å². The van der Waals surface area contributed by atoms with E-state index in [2.05, 4.69) is 56.8 Å². The predicted octanol–water partition coefficient (Wildman–Crippen LogP) is 4.70. The Bertz CT molecular complexity index is 1320. The summed E-state index contributed by atoms with van der Waals surface area (Å²) in [6, 6.07) is 13.0. The third kappa shape index (κ3) is 5.03. The molecule has 0 saturated carbocycles. The molecule has 3 N–H and O–H groups in total. The van der Waals surface area contributed by atoms with Crippen LogP contribution in [0, 0.1) is 6.92 Å². The molecule has 3 aromatic heterocycles. The molecule has 34 heavy (non-hydrogen) atoms. The zero-order valence-electron chi connectivity index (χ0n) is 19.9. The van der Waals surface area contributed by atoms with Crippen LogP contribution in [0.5, 0.6) is 0 Å². The molecule has 9 nitrogen and oxygen atoms in total. The van der Waals surface area contributed by atoms with Crippen LogP contribution in [-0.4, -0.2) is 37.7 Å². The molecule has 0 unspecified atom stereocenters. The van der Waals surface area contributed by atoms with Crippen molar-refractivity contribution in [2.24, 2.45) is 0 Å². The van der Waals surface area contributed by atoms with Gasteiger partial charge in [0.15, 0.2) is 5.82 Å². The summed E-state index contributed by atoms with van der Waals surface area (Å²) in [6.45, 7) is 8.21. The number of carbonyl (C=O) groups excluding carboxylic acids is 1. The molecule has 0 aliphatic heterocycles. The molecule has 1 amide bonds. The number of nitrogens with zero attached hydrogens (tertiary/aromatic N) is 5. The van der Waals surface area contributed by atoms with E-state index in [1.54, 1.807) is 30.2 Å². The molecule has 4 rings (SSSR count). The van der Waals surface area contributed by atoms with Crippen LogP contribution < -0.4 is 16.0 Å². The van der Waals surface area contributed by atoms with E-state index in [0.717, 1.165) is 22.8 Å². The largest absolute Gasteiger partial charge is 0.373 e. The lowest BCUT2D eigenvalue weighted by atomic mass is 9.91. The van der Waals surface area contributed by atoms with Crippen LogP contribution >= 0.6 is 0 Å². The molecule has 3 heterocycles. The summed E-state index contributed by atoms with van der Waals surface area (Å²) in [6.07, 6.45) is 4.85. The number of carbonyl (C=O) groups is 1. The Labute approximate surface area is 198 Å². The van der Waals surface area contributed by atoms with E-state index in [9.17, 15) is 4.79 Å². The molecule has 0 aliphatic carbocycles. The van der Waals surface area contributed by atoms with Gasteiger partial charge in [0.25, 0.3) is 5.91 Å². The van der Waals surface area contributed by atoms with E-state index in [-0.39, 0.29) is 11.3 Å². The second kappa shape index (κ2) is 9.30. The third-order valence-electron chi connectivity index (χ3n) is 5.32. The number of anilines is 4. The highest BCUT2D eigenvalue weighted by Gasteiger charge is 2.17. The Balaban J connectivity index is 1.56. The number of nitrogens with one attached hydrogen (secondary N) is 3. The molecule has 0 bridgehead atoms. The van der Waals surface area contributed by atoms with Gasteiger partial charge in [-0.15, -0.1) is 0 Å². The van der Waals surface area contributed by atoms with Crippen molar-refractivity contribution >= 4 is 28.9 Å². The average Bonchev–Trinajstić information content (AvgIpc) is 3.29. The fourth-order valence-electron chi connectivity index (χ4n) is 3.34. The van der Waals surface area contributed by atoms with E-state index in [1.807, 2.05) is 43.3 Å². The summed E-state index contributed by atoms with van der Waals surface area (Å²) in [5.41, 5.74) is 3.83. The first-order valence-corrected chi connectivity index (χ1v) is 10.9. The van der Waals surface area contributed by atoms with Crippen LogP contribution in [0.1, 0.15) is 42.4 Å². The summed E-state index contributed by atoms with van der Waals surface area (Å²) in [5.74, 6) is 1.86. The summed E-state index contributed by atoms with van der Waals surface area (Å²) in [7, 11) is 1.80. The van der Waals surface area contributed by atoms with Crippen molar-refractivity contribution in [2.45, 2.75) is 33.1 Å². The number of hydrogen-bond donors (Lipinski definition) is 3. The number of hydrogen-bond acceptors (Lipinski definition) is 7. The zero-order valence-corrected chi connectivity index (χ0v) is 19.9. The van der Waals surface area contributed by atoms with Crippen LogP contribution in [0.25, 0.3) is 5.82 Å². The van der Waals surface area contributed by atoms with Crippen LogP contribution in [0.15, 0.2) is 61.2 Å². The van der Waals surface area contributed by atoms with Crippen LogP contribution in [0.3, 0.4) is 0 Å². The van der Waals surface area contributed by atoms with Gasteiger partial charge in [-0.25, -0.2) is 9.97 Å². The second-order valence-electron chi connectivity index (χ2n) is 8.93. The van der Waals surface area contributed by atoms with Gasteiger partial charge in [0.2, 0.25) is 0 Å². The van der Waals surface area contributed by atoms with E-state index < -0.39 is 0 Å². The van der Waals surface area contributed by atoms with Crippen molar-refractivity contribution in [1.82, 2.24) is 24.7 Å². The van der Waals surface area contributed by atoms with Gasteiger partial charge in [-0.3, -0.25) is 9.78 Å². The molecule has 0 radical (unpaired) electrons. The molecule has 1 aromatic carbocycles. The molecule has 0 aliphatic rings. The first-order chi connectivity index (χ1) is 16.2. The Morgan fingerprint density at radius 3 is 2.56 bits per heavy atom. The van der Waals surface area contributed by atoms with Crippen LogP contribution in [0.4, 0.5) is 23.0 Å². The van der Waals surface area contributed by atoms with E-state index >= 15 is 0 Å². The molecule has 0 spiro atoms. The highest BCUT2D eigenvalue weighted by Crippen LogP contribution is 2.26. The molecule has 4 aromatic rings. The van der Waals surface area contributed by atoms with Gasteiger partial charge in [0, 0.05) is 53.4 Å². The van der Waals surface area contributed by atoms with Gasteiger partial charge >= 0.3 is 0 Å². The number of amides is 1. The lowest BCUT2D eigenvalue weighted by Crippen LogP contribution is -2.17. The van der Waals surface area contributed by atoms with Crippen LogP contribution in [-0.2, 0) is 5.41 Å². The summed E-state index contributed by atoms with van der Waals surface area (Å²) in [4.78, 5) is 25.8. The van der Waals surface area contributed by atoms with Gasteiger partial charge < -0.3 is 16.0 Å². The molecular weight excluding hydrogens is 428 g/mol. The highest BCUT2D eigenvalue weighted by molar-refractivity contribution is 6.04. The molecule has 9 heteroatoms. The Morgan fingerprint density at radius 1 is 0.971 bits per heavy atom. The van der Waals surface area contributed by atoms with Gasteiger partial charge in [-0.2, -0.15) is 9.78 Å². The van der Waals surface area contributed by atoms with Crippen molar-refractivity contribution in [3.63, 3.8) is 0 Å². The van der Waals surface area contributed by atoms with Crippen molar-refractivity contribution in [1.29, 1.82) is 0 Å². The lowest BCUT2D eigenvalue weighted by Gasteiger charge is -2.18. The van der Waals surface area contributed by atoms with Gasteiger partial charge in [0.05, 0.1) is 6.20 Å². The summed E-state index contributed by atoms with van der Waals surface area (Å²) < 4.78 is 1.69. The van der Waals surface area contributed by atoms with Gasteiger partial charge in [-0.1, -0.05) is 26.8 Å². The monoisotopic (exact) mass is 456 g/mol. The fourth-order valence-corrected chi connectivity index (χ4v) is 3.34. The Morgan fingerprint density at radius 2 is 1.79 bits per heavy atom. The quantitative estimate of drug-likeness (QED) is 0.386. The first kappa shape index (κ1) is 22.9. The highest BCUT2D eigenvalue weighted by atomic mass is 16.1. The minimum Gasteiger partial charge on any atom is -0.373 e. The molecule has 0 fully saturated rings. The third-order valence-corrected chi connectivity index (χ3v) is 5.32. The van der Waals surface area contributed by atoms with E-state index in [0.29, 0.717) is 22.9 Å². The average molecular weight is 457 g/mol. The number of aromatic nitrogens is 5. The number of aryl methyl sites for hydroxylation is 1. The number of pyridine rings is 1. The maximum atomic E-state index is 12.9. The van der Waals surface area contributed by atoms with Crippen molar-refractivity contribution < 1.29 is 4.79 Å². The number of benzene rings is 1. The van der Waals surface area contributed by atoms with E-state index in [4.69, 9.17) is 0 Å². The molecule has 0 saturated heterocycles. The Hall–Kier alpha value is -4.27.